The van der Waals surface area contributed by atoms with Gasteiger partial charge < -0.3 is 14.5 Å². The first-order chi connectivity index (χ1) is 15.8. The van der Waals surface area contributed by atoms with Gasteiger partial charge in [-0.1, -0.05) is 29.3 Å². The molecule has 0 aromatic heterocycles. The number of benzene rings is 2. The van der Waals surface area contributed by atoms with Gasteiger partial charge in [-0.25, -0.2) is 0 Å². The predicted molar refractivity (Wildman–Crippen MR) is 125 cm³/mol. The third-order valence-corrected chi connectivity index (χ3v) is 7.38. The van der Waals surface area contributed by atoms with E-state index in [0.717, 1.165) is 24.0 Å². The number of carbonyl (C=O) groups is 3. The lowest BCUT2D eigenvalue weighted by Gasteiger charge is -2.54. The summed E-state index contributed by atoms with van der Waals surface area (Å²) in [6, 6.07) is 10.6. The van der Waals surface area contributed by atoms with Gasteiger partial charge in [0.25, 0.3) is 5.91 Å². The lowest BCUT2D eigenvalue weighted by molar-refractivity contribution is -0.135. The zero-order valence-electron chi connectivity index (χ0n) is 18.1. The molecule has 2 aromatic rings. The number of likely N-dealkylation sites (tertiary alicyclic amines) is 2. The van der Waals surface area contributed by atoms with Gasteiger partial charge in [0.05, 0.1) is 6.42 Å². The number of amides is 2. The molecule has 0 N–H and O–H groups in total. The van der Waals surface area contributed by atoms with Gasteiger partial charge in [-0.15, -0.1) is 0 Å². The van der Waals surface area contributed by atoms with E-state index in [-0.39, 0.29) is 29.6 Å². The van der Waals surface area contributed by atoms with Crippen LogP contribution in [-0.2, 0) is 22.4 Å². The molecule has 0 aliphatic carbocycles. The van der Waals surface area contributed by atoms with Crippen molar-refractivity contribution in [3.8, 4) is 5.75 Å². The quantitative estimate of drug-likeness (QED) is 0.480. The third kappa shape index (κ3) is 4.59. The predicted octanol–water partition coefficient (Wildman–Crippen LogP) is 4.15. The van der Waals surface area contributed by atoms with Gasteiger partial charge in [-0.2, -0.15) is 0 Å². The Kier molecular flexibility index (Phi) is 5.83. The molecular formula is C25H24Cl2N2O4. The highest BCUT2D eigenvalue weighted by Gasteiger charge is 2.47. The van der Waals surface area contributed by atoms with Crippen molar-refractivity contribution in [3.05, 3.63) is 63.1 Å². The molecule has 2 aromatic carbocycles. The molecular weight excluding hydrogens is 463 g/mol. The van der Waals surface area contributed by atoms with E-state index < -0.39 is 0 Å². The van der Waals surface area contributed by atoms with Crippen LogP contribution < -0.4 is 4.74 Å². The number of halogens is 2. The maximum atomic E-state index is 12.9. The van der Waals surface area contributed by atoms with Crippen LogP contribution in [0.25, 0.3) is 0 Å². The van der Waals surface area contributed by atoms with E-state index in [4.69, 9.17) is 27.9 Å². The van der Waals surface area contributed by atoms with Gasteiger partial charge in [0, 0.05) is 59.2 Å². The zero-order valence-corrected chi connectivity index (χ0v) is 19.6. The Morgan fingerprint density at radius 2 is 1.67 bits per heavy atom. The molecule has 0 radical (unpaired) electrons. The Labute approximate surface area is 202 Å². The number of hydrogen-bond acceptors (Lipinski definition) is 4. The Balaban J connectivity index is 1.11. The maximum Gasteiger partial charge on any atom is 0.315 e. The molecule has 2 fully saturated rings. The topological polar surface area (TPSA) is 66.9 Å². The van der Waals surface area contributed by atoms with E-state index in [1.165, 1.54) is 0 Å². The van der Waals surface area contributed by atoms with Crippen LogP contribution in [0, 0.1) is 5.41 Å². The first-order valence-corrected chi connectivity index (χ1v) is 11.9. The lowest BCUT2D eigenvalue weighted by atomic mass is 9.71. The summed E-state index contributed by atoms with van der Waals surface area (Å²) < 4.78 is 5.17. The summed E-state index contributed by atoms with van der Waals surface area (Å²) in [7, 11) is 0. The molecule has 2 saturated heterocycles. The molecule has 6 nitrogen and oxygen atoms in total. The Morgan fingerprint density at radius 3 is 2.36 bits per heavy atom. The van der Waals surface area contributed by atoms with Crippen LogP contribution in [0.2, 0.25) is 10.0 Å². The van der Waals surface area contributed by atoms with Crippen LogP contribution in [-0.4, -0.2) is 53.8 Å². The smallest absolute Gasteiger partial charge is 0.315 e. The number of piperidine rings is 1. The van der Waals surface area contributed by atoms with Crippen molar-refractivity contribution in [1.82, 2.24) is 9.80 Å². The van der Waals surface area contributed by atoms with Crippen molar-refractivity contribution in [2.24, 2.45) is 5.41 Å². The minimum Gasteiger partial charge on any atom is -0.426 e. The first kappa shape index (κ1) is 22.2. The molecule has 33 heavy (non-hydrogen) atoms. The fourth-order valence-electron chi connectivity index (χ4n) is 5.04. The van der Waals surface area contributed by atoms with Crippen molar-refractivity contribution in [2.45, 2.75) is 32.1 Å². The summed E-state index contributed by atoms with van der Waals surface area (Å²) in [4.78, 5) is 40.8. The van der Waals surface area contributed by atoms with E-state index >= 15 is 0 Å². The Hall–Kier alpha value is -2.57. The van der Waals surface area contributed by atoms with Crippen molar-refractivity contribution >= 4 is 41.0 Å². The summed E-state index contributed by atoms with van der Waals surface area (Å²) in [5.41, 5.74) is 2.43. The van der Waals surface area contributed by atoms with Gasteiger partial charge in [0.2, 0.25) is 5.91 Å². The van der Waals surface area contributed by atoms with Crippen LogP contribution in [0.4, 0.5) is 0 Å². The standard InChI is InChI=1S/C25H24Cl2N2O4/c26-19-9-16(10-20(27)13-19)1-4-22(30)28-7-5-25(6-8-28)14-29(15-25)24(32)18-3-2-17-12-23(31)33-21(17)11-18/h2-3,9-11,13H,1,4-8,12,14-15H2. The Morgan fingerprint density at radius 1 is 0.970 bits per heavy atom. The molecule has 3 aliphatic heterocycles. The average Bonchev–Trinajstić information content (AvgIpc) is 3.14. The number of ether oxygens (including phenoxy) is 1. The second-order valence-corrected chi connectivity index (χ2v) is 10.2. The second kappa shape index (κ2) is 8.65. The fraction of sp³-hybridized carbons (Fsp3) is 0.400. The highest BCUT2D eigenvalue weighted by molar-refractivity contribution is 6.34. The second-order valence-electron chi connectivity index (χ2n) is 9.29. The third-order valence-electron chi connectivity index (χ3n) is 6.94. The van der Waals surface area contributed by atoms with Gasteiger partial charge in [0.15, 0.2) is 0 Å². The number of fused-ring (bicyclic) bond motifs is 1. The molecule has 2 amide bonds. The van der Waals surface area contributed by atoms with Crippen molar-refractivity contribution in [2.75, 3.05) is 26.2 Å². The monoisotopic (exact) mass is 486 g/mol. The molecule has 172 valence electrons. The molecule has 0 atom stereocenters. The number of nitrogens with zero attached hydrogens (tertiary/aromatic N) is 2. The van der Waals surface area contributed by atoms with Gasteiger partial charge in [-0.3, -0.25) is 14.4 Å². The van der Waals surface area contributed by atoms with Crippen molar-refractivity contribution in [1.29, 1.82) is 0 Å². The highest BCUT2D eigenvalue weighted by atomic mass is 35.5. The summed E-state index contributed by atoms with van der Waals surface area (Å²) in [6.45, 7) is 2.83. The molecule has 5 rings (SSSR count). The van der Waals surface area contributed by atoms with Crippen LogP contribution in [0.1, 0.15) is 40.7 Å². The zero-order chi connectivity index (χ0) is 23.2. The molecule has 3 heterocycles. The lowest BCUT2D eigenvalue weighted by Crippen LogP contribution is -2.62. The number of hydrogen-bond donors (Lipinski definition) is 0. The number of aryl methyl sites for hydroxylation is 1. The Bertz CT molecular complexity index is 1110. The fourth-order valence-corrected chi connectivity index (χ4v) is 5.62. The summed E-state index contributed by atoms with van der Waals surface area (Å²) in [5, 5.41) is 1.16. The molecule has 0 unspecified atom stereocenters. The highest BCUT2D eigenvalue weighted by Crippen LogP contribution is 2.41. The normalized spacial score (nSPS) is 18.7. The molecule has 0 bridgehead atoms. The molecule has 3 aliphatic rings. The van der Waals surface area contributed by atoms with Crippen LogP contribution >= 0.6 is 23.2 Å². The van der Waals surface area contributed by atoms with Crippen molar-refractivity contribution < 1.29 is 19.1 Å². The SMILES string of the molecule is O=C1Cc2ccc(C(=O)N3CC4(CCN(C(=O)CCc5cc(Cl)cc(Cl)c5)CC4)C3)cc2O1. The molecule has 8 heteroatoms. The number of esters is 1. The van der Waals surface area contributed by atoms with E-state index in [2.05, 4.69) is 0 Å². The summed E-state index contributed by atoms with van der Waals surface area (Å²) in [5.74, 6) is 0.314. The summed E-state index contributed by atoms with van der Waals surface area (Å²) >= 11 is 12.1. The average molecular weight is 487 g/mol. The largest absolute Gasteiger partial charge is 0.426 e. The molecule has 0 saturated carbocycles. The van der Waals surface area contributed by atoms with E-state index in [1.54, 1.807) is 24.3 Å². The van der Waals surface area contributed by atoms with Gasteiger partial charge in [-0.05, 0) is 55.2 Å². The van der Waals surface area contributed by atoms with Gasteiger partial charge in [0.1, 0.15) is 5.75 Å². The summed E-state index contributed by atoms with van der Waals surface area (Å²) in [6.07, 6.45) is 3.09. The van der Waals surface area contributed by atoms with E-state index in [1.807, 2.05) is 21.9 Å². The first-order valence-electron chi connectivity index (χ1n) is 11.2. The molecule has 1 spiro atoms. The van der Waals surface area contributed by atoms with Gasteiger partial charge >= 0.3 is 5.97 Å². The van der Waals surface area contributed by atoms with Crippen LogP contribution in [0.5, 0.6) is 5.75 Å². The van der Waals surface area contributed by atoms with Crippen molar-refractivity contribution in [3.63, 3.8) is 0 Å². The van der Waals surface area contributed by atoms with E-state index in [0.29, 0.717) is 60.4 Å². The maximum absolute atomic E-state index is 12.9. The minimum atomic E-state index is -0.282. The number of carbonyl (C=O) groups excluding carboxylic acids is 3. The minimum absolute atomic E-state index is 0.0370. The number of rotatable bonds is 4. The van der Waals surface area contributed by atoms with Crippen LogP contribution in [0.3, 0.4) is 0 Å². The van der Waals surface area contributed by atoms with Crippen LogP contribution in [0.15, 0.2) is 36.4 Å². The van der Waals surface area contributed by atoms with E-state index in [9.17, 15) is 14.4 Å².